The molecule has 5 rings (SSSR count). The molecule has 8 heteroatoms. The quantitative estimate of drug-likeness (QED) is 0.305. The van der Waals surface area contributed by atoms with Gasteiger partial charge in [0.15, 0.2) is 5.16 Å². The van der Waals surface area contributed by atoms with Crippen molar-refractivity contribution < 1.29 is 13.6 Å². The van der Waals surface area contributed by atoms with Gasteiger partial charge in [-0.3, -0.25) is 9.78 Å². The first-order valence-corrected chi connectivity index (χ1v) is 11.7. The number of thioether (sulfide) groups is 1. The lowest BCUT2D eigenvalue weighted by Crippen LogP contribution is -2.22. The number of carbonyl (C=O) groups is 1. The second-order valence-corrected chi connectivity index (χ2v) is 8.66. The number of nitrogens with zero attached hydrogens (tertiary/aromatic N) is 3. The second-order valence-electron chi connectivity index (χ2n) is 7.72. The van der Waals surface area contributed by atoms with Gasteiger partial charge < -0.3 is 14.3 Å². The van der Waals surface area contributed by atoms with Gasteiger partial charge in [-0.05, 0) is 53.6 Å². The number of carbonyl (C=O) groups excluding carboxylic acids is 1. The smallest absolute Gasteiger partial charge is 0.251 e. The third-order valence-electron chi connectivity index (χ3n) is 5.36. The van der Waals surface area contributed by atoms with E-state index in [1.54, 1.807) is 48.6 Å². The van der Waals surface area contributed by atoms with Crippen molar-refractivity contribution in [3.63, 3.8) is 0 Å². The molecule has 170 valence electrons. The number of imidazole rings is 1. The van der Waals surface area contributed by atoms with Gasteiger partial charge in [0.2, 0.25) is 0 Å². The van der Waals surface area contributed by atoms with Gasteiger partial charge in [-0.1, -0.05) is 36.0 Å². The zero-order valence-corrected chi connectivity index (χ0v) is 19.0. The minimum atomic E-state index is -0.256. The lowest BCUT2D eigenvalue weighted by Gasteiger charge is -2.09. The highest BCUT2D eigenvalue weighted by atomic mass is 32.2. The molecule has 1 amide bonds. The van der Waals surface area contributed by atoms with E-state index < -0.39 is 0 Å². The van der Waals surface area contributed by atoms with Gasteiger partial charge in [0, 0.05) is 17.5 Å². The predicted molar refractivity (Wildman–Crippen MR) is 129 cm³/mol. The molecule has 0 atom stereocenters. The predicted octanol–water partition coefficient (Wildman–Crippen LogP) is 5.43. The van der Waals surface area contributed by atoms with Crippen LogP contribution in [0.1, 0.15) is 27.2 Å². The van der Waals surface area contributed by atoms with E-state index in [0.717, 1.165) is 27.3 Å². The highest BCUT2D eigenvalue weighted by Gasteiger charge is 2.13. The maximum atomic E-state index is 13.3. The summed E-state index contributed by atoms with van der Waals surface area (Å²) in [6, 6.07) is 19.5. The molecular formula is C26H21FN4O2S. The highest BCUT2D eigenvalue weighted by molar-refractivity contribution is 7.98. The van der Waals surface area contributed by atoms with Crippen molar-refractivity contribution in [1.29, 1.82) is 0 Å². The molecule has 0 spiro atoms. The van der Waals surface area contributed by atoms with E-state index in [2.05, 4.69) is 14.9 Å². The number of fused-ring (bicyclic) bond motifs is 1. The number of nitrogens with one attached hydrogen (secondary N) is 1. The number of hydrogen-bond acceptors (Lipinski definition) is 5. The Hall–Kier alpha value is -3.91. The Bertz CT molecular complexity index is 1400. The average molecular weight is 473 g/mol. The minimum absolute atomic E-state index is 0.149. The maximum absolute atomic E-state index is 13.3. The molecule has 0 aliphatic carbocycles. The standard InChI is InChI=1S/C26H21FN4O2S/c27-21-9-5-18(6-10-21)16-31-24-15-28-12-11-23(24)30-26(31)34-17-19-3-7-20(8-4-19)25(32)29-14-22-2-1-13-33-22/h1-13,15H,14,16-17H2,(H,29,32). The van der Waals surface area contributed by atoms with Crippen molar-refractivity contribution in [1.82, 2.24) is 19.9 Å². The number of pyridine rings is 1. The molecule has 0 fully saturated rings. The van der Waals surface area contributed by atoms with Crippen molar-refractivity contribution in [3.05, 3.63) is 114 Å². The molecule has 1 N–H and O–H groups in total. The van der Waals surface area contributed by atoms with E-state index in [1.165, 1.54) is 12.1 Å². The van der Waals surface area contributed by atoms with Crippen molar-refractivity contribution in [3.8, 4) is 0 Å². The van der Waals surface area contributed by atoms with Crippen LogP contribution < -0.4 is 5.32 Å². The molecule has 0 aliphatic heterocycles. The number of halogens is 1. The van der Waals surface area contributed by atoms with E-state index in [-0.39, 0.29) is 11.7 Å². The SMILES string of the molecule is O=C(NCc1ccco1)c1ccc(CSc2nc3ccncc3n2Cc2ccc(F)cc2)cc1. The first-order chi connectivity index (χ1) is 16.7. The van der Waals surface area contributed by atoms with Crippen LogP contribution in [0.3, 0.4) is 0 Å². The molecule has 3 aromatic heterocycles. The summed E-state index contributed by atoms with van der Waals surface area (Å²) in [5, 5.41) is 3.70. The fourth-order valence-corrected chi connectivity index (χ4v) is 4.54. The summed E-state index contributed by atoms with van der Waals surface area (Å²) in [7, 11) is 0. The van der Waals surface area contributed by atoms with Gasteiger partial charge in [-0.25, -0.2) is 9.37 Å². The number of aromatic nitrogens is 3. The summed E-state index contributed by atoms with van der Waals surface area (Å²) in [6.45, 7) is 0.919. The molecule has 0 aliphatic rings. The maximum Gasteiger partial charge on any atom is 0.251 e. The van der Waals surface area contributed by atoms with E-state index in [9.17, 15) is 9.18 Å². The lowest BCUT2D eigenvalue weighted by molar-refractivity contribution is 0.0948. The lowest BCUT2D eigenvalue weighted by atomic mass is 10.1. The van der Waals surface area contributed by atoms with Crippen molar-refractivity contribution in [2.24, 2.45) is 0 Å². The van der Waals surface area contributed by atoms with Gasteiger partial charge >= 0.3 is 0 Å². The first-order valence-electron chi connectivity index (χ1n) is 10.7. The third-order valence-corrected chi connectivity index (χ3v) is 6.40. The van der Waals surface area contributed by atoms with Crippen LogP contribution in [0.15, 0.2) is 95.0 Å². The summed E-state index contributed by atoms with van der Waals surface area (Å²) >= 11 is 1.61. The van der Waals surface area contributed by atoms with E-state index >= 15 is 0 Å². The Morgan fingerprint density at radius 1 is 1.03 bits per heavy atom. The normalized spacial score (nSPS) is 11.1. The zero-order valence-electron chi connectivity index (χ0n) is 18.1. The number of rotatable bonds is 8. The number of hydrogen-bond donors (Lipinski definition) is 1. The van der Waals surface area contributed by atoms with Gasteiger partial charge in [0.25, 0.3) is 5.91 Å². The van der Waals surface area contributed by atoms with Crippen LogP contribution in [0, 0.1) is 5.82 Å². The fraction of sp³-hybridized carbons (Fsp3) is 0.115. The molecule has 6 nitrogen and oxygen atoms in total. The summed E-state index contributed by atoms with van der Waals surface area (Å²) in [5.41, 5.74) is 4.44. The average Bonchev–Trinajstić information content (AvgIpc) is 3.51. The third kappa shape index (κ3) is 5.02. The highest BCUT2D eigenvalue weighted by Crippen LogP contribution is 2.27. The van der Waals surface area contributed by atoms with Crippen LogP contribution in [0.4, 0.5) is 4.39 Å². The van der Waals surface area contributed by atoms with Crippen LogP contribution in [-0.2, 0) is 18.8 Å². The molecule has 0 bridgehead atoms. The molecule has 2 aromatic carbocycles. The zero-order chi connectivity index (χ0) is 23.3. The molecule has 5 aromatic rings. The number of furan rings is 1. The van der Waals surface area contributed by atoms with Crippen LogP contribution in [-0.4, -0.2) is 20.4 Å². The van der Waals surface area contributed by atoms with Gasteiger partial charge in [0.1, 0.15) is 11.6 Å². The van der Waals surface area contributed by atoms with Crippen LogP contribution in [0.5, 0.6) is 0 Å². The number of benzene rings is 2. The molecule has 3 heterocycles. The molecular weight excluding hydrogens is 451 g/mol. The van der Waals surface area contributed by atoms with Crippen LogP contribution in [0.2, 0.25) is 0 Å². The van der Waals surface area contributed by atoms with E-state index in [1.807, 2.05) is 36.4 Å². The Morgan fingerprint density at radius 3 is 2.59 bits per heavy atom. The topological polar surface area (TPSA) is 73.0 Å². The second kappa shape index (κ2) is 9.93. The minimum Gasteiger partial charge on any atom is -0.467 e. The summed E-state index contributed by atoms with van der Waals surface area (Å²) in [5.74, 6) is 0.993. The fourth-order valence-electron chi connectivity index (χ4n) is 3.57. The van der Waals surface area contributed by atoms with Crippen LogP contribution in [0.25, 0.3) is 11.0 Å². The Kier molecular flexibility index (Phi) is 6.40. The number of amides is 1. The van der Waals surface area contributed by atoms with Crippen molar-refractivity contribution in [2.45, 2.75) is 24.0 Å². The van der Waals surface area contributed by atoms with Crippen molar-refractivity contribution >= 4 is 28.7 Å². The van der Waals surface area contributed by atoms with E-state index in [4.69, 9.17) is 9.40 Å². The Balaban J connectivity index is 1.28. The molecule has 0 unspecified atom stereocenters. The van der Waals surface area contributed by atoms with E-state index in [0.29, 0.717) is 30.2 Å². The van der Waals surface area contributed by atoms with Crippen molar-refractivity contribution in [2.75, 3.05) is 0 Å². The van der Waals surface area contributed by atoms with Crippen LogP contribution >= 0.6 is 11.8 Å². The summed E-state index contributed by atoms with van der Waals surface area (Å²) in [6.07, 6.45) is 5.10. The monoisotopic (exact) mass is 472 g/mol. The van der Waals surface area contributed by atoms with Gasteiger partial charge in [-0.15, -0.1) is 0 Å². The Morgan fingerprint density at radius 2 is 1.82 bits per heavy atom. The largest absolute Gasteiger partial charge is 0.467 e. The summed E-state index contributed by atoms with van der Waals surface area (Å²) in [4.78, 5) is 21.4. The van der Waals surface area contributed by atoms with Gasteiger partial charge in [0.05, 0.1) is 36.6 Å². The first kappa shape index (κ1) is 21.9. The Labute approximate surface area is 199 Å². The molecule has 0 radical (unpaired) electrons. The molecule has 0 saturated carbocycles. The summed E-state index contributed by atoms with van der Waals surface area (Å²) < 4.78 is 20.7. The van der Waals surface area contributed by atoms with Gasteiger partial charge in [-0.2, -0.15) is 0 Å². The molecule has 34 heavy (non-hydrogen) atoms. The molecule has 0 saturated heterocycles.